The molecular formula is C14H18N3O3+. The predicted octanol–water partition coefficient (Wildman–Crippen LogP) is -0.160. The molecule has 0 aromatic heterocycles. The molecule has 0 radical (unpaired) electrons. The molecule has 1 amide bonds. The van der Waals surface area contributed by atoms with Gasteiger partial charge in [-0.05, 0) is 24.3 Å². The predicted molar refractivity (Wildman–Crippen MR) is 73.3 cm³/mol. The van der Waals surface area contributed by atoms with E-state index in [1.54, 1.807) is 24.3 Å². The van der Waals surface area contributed by atoms with E-state index in [1.165, 1.54) is 7.11 Å². The lowest BCUT2D eigenvalue weighted by molar-refractivity contribution is -0.870. The Balaban J connectivity index is 2.50. The third-order valence-electron chi connectivity index (χ3n) is 2.72. The van der Waals surface area contributed by atoms with Gasteiger partial charge in [-0.3, -0.25) is 4.79 Å². The molecule has 20 heavy (non-hydrogen) atoms. The molecule has 106 valence electrons. The molecule has 1 rings (SSSR count). The smallest absolute Gasteiger partial charge is 0.337 e. The molecule has 0 fully saturated rings. The van der Waals surface area contributed by atoms with Crippen LogP contribution in [0.25, 0.3) is 0 Å². The molecule has 6 heteroatoms. The van der Waals surface area contributed by atoms with Crippen molar-refractivity contribution in [1.29, 1.82) is 5.26 Å². The SMILES string of the molecule is COC(=O)c1ccc(NC(=O)C[NH+](C)CCC#N)cc1. The van der Waals surface area contributed by atoms with Crippen molar-refractivity contribution in [2.75, 3.05) is 32.6 Å². The summed E-state index contributed by atoms with van der Waals surface area (Å²) in [5.41, 5.74) is 1.05. The summed E-state index contributed by atoms with van der Waals surface area (Å²) in [7, 11) is 3.18. The Bertz CT molecular complexity index is 505. The highest BCUT2D eigenvalue weighted by Crippen LogP contribution is 2.09. The normalized spacial score (nSPS) is 11.2. The van der Waals surface area contributed by atoms with Gasteiger partial charge in [0, 0.05) is 5.69 Å². The van der Waals surface area contributed by atoms with Crippen LogP contribution in [-0.4, -0.2) is 39.1 Å². The third kappa shape index (κ3) is 5.08. The van der Waals surface area contributed by atoms with Crippen LogP contribution in [0.4, 0.5) is 5.69 Å². The van der Waals surface area contributed by atoms with Gasteiger partial charge in [-0.1, -0.05) is 0 Å². The van der Waals surface area contributed by atoms with Crippen LogP contribution >= 0.6 is 0 Å². The Morgan fingerprint density at radius 2 is 2.00 bits per heavy atom. The van der Waals surface area contributed by atoms with E-state index >= 15 is 0 Å². The minimum atomic E-state index is -0.413. The number of likely N-dealkylation sites (N-methyl/N-ethyl adjacent to an activating group) is 1. The molecule has 1 aromatic carbocycles. The van der Waals surface area contributed by atoms with Gasteiger partial charge in [0.1, 0.15) is 0 Å². The number of quaternary nitrogens is 1. The number of methoxy groups -OCH3 is 1. The van der Waals surface area contributed by atoms with Gasteiger partial charge < -0.3 is 15.0 Å². The monoisotopic (exact) mass is 276 g/mol. The first-order valence-corrected chi connectivity index (χ1v) is 6.23. The zero-order valence-electron chi connectivity index (χ0n) is 11.6. The van der Waals surface area contributed by atoms with Crippen molar-refractivity contribution in [3.8, 4) is 6.07 Å². The van der Waals surface area contributed by atoms with E-state index in [2.05, 4.69) is 10.1 Å². The Hall–Kier alpha value is -2.39. The van der Waals surface area contributed by atoms with Gasteiger partial charge in [-0.15, -0.1) is 0 Å². The number of nitrogens with zero attached hydrogens (tertiary/aromatic N) is 1. The zero-order valence-corrected chi connectivity index (χ0v) is 11.6. The lowest BCUT2D eigenvalue weighted by atomic mass is 10.2. The number of anilines is 1. The van der Waals surface area contributed by atoms with Crippen molar-refractivity contribution in [1.82, 2.24) is 0 Å². The molecule has 0 heterocycles. The highest BCUT2D eigenvalue weighted by Gasteiger charge is 2.10. The van der Waals surface area contributed by atoms with Crippen LogP contribution in [0.1, 0.15) is 16.8 Å². The standard InChI is InChI=1S/C14H17N3O3/c1-17(9-3-8-15)10-13(18)16-12-6-4-11(5-7-12)14(19)20-2/h4-7H,3,9-10H2,1-2H3,(H,16,18)/p+1. The van der Waals surface area contributed by atoms with Gasteiger partial charge in [0.05, 0.1) is 38.8 Å². The highest BCUT2D eigenvalue weighted by atomic mass is 16.5. The number of rotatable bonds is 6. The maximum Gasteiger partial charge on any atom is 0.337 e. The fraction of sp³-hybridized carbons (Fsp3) is 0.357. The van der Waals surface area contributed by atoms with Crippen molar-refractivity contribution >= 4 is 17.6 Å². The molecule has 2 N–H and O–H groups in total. The molecule has 1 atom stereocenters. The van der Waals surface area contributed by atoms with E-state index in [-0.39, 0.29) is 5.91 Å². The number of benzene rings is 1. The fourth-order valence-corrected chi connectivity index (χ4v) is 1.64. The number of carbonyl (C=O) groups is 2. The fourth-order valence-electron chi connectivity index (χ4n) is 1.64. The summed E-state index contributed by atoms with van der Waals surface area (Å²) in [4.78, 5) is 24.0. The Morgan fingerprint density at radius 3 is 2.55 bits per heavy atom. The summed E-state index contributed by atoms with van der Waals surface area (Å²) in [5, 5.41) is 11.2. The average molecular weight is 276 g/mol. The summed E-state index contributed by atoms with van der Waals surface area (Å²) in [6.07, 6.45) is 0.424. The van der Waals surface area contributed by atoms with Crippen LogP contribution in [0, 0.1) is 11.3 Å². The van der Waals surface area contributed by atoms with Crippen molar-refractivity contribution in [2.45, 2.75) is 6.42 Å². The van der Waals surface area contributed by atoms with Crippen LogP contribution < -0.4 is 10.2 Å². The number of hydrogen-bond donors (Lipinski definition) is 2. The minimum absolute atomic E-state index is 0.133. The second kappa shape index (κ2) is 7.92. The van der Waals surface area contributed by atoms with Crippen molar-refractivity contribution in [3.05, 3.63) is 29.8 Å². The Labute approximate surface area is 117 Å². The highest BCUT2D eigenvalue weighted by molar-refractivity contribution is 5.93. The van der Waals surface area contributed by atoms with Crippen molar-refractivity contribution in [2.24, 2.45) is 0 Å². The largest absolute Gasteiger partial charge is 0.465 e. The second-order valence-corrected chi connectivity index (χ2v) is 4.41. The number of ether oxygens (including phenoxy) is 1. The average Bonchev–Trinajstić information content (AvgIpc) is 2.45. The molecule has 0 aliphatic rings. The Morgan fingerprint density at radius 1 is 1.35 bits per heavy atom. The van der Waals surface area contributed by atoms with E-state index in [1.807, 2.05) is 13.1 Å². The summed E-state index contributed by atoms with van der Waals surface area (Å²) < 4.78 is 4.59. The first kappa shape index (κ1) is 15.7. The zero-order chi connectivity index (χ0) is 15.0. The van der Waals surface area contributed by atoms with E-state index in [0.29, 0.717) is 30.8 Å². The van der Waals surface area contributed by atoms with Crippen LogP contribution in [0.2, 0.25) is 0 Å². The van der Waals surface area contributed by atoms with Gasteiger partial charge in [0.15, 0.2) is 6.54 Å². The van der Waals surface area contributed by atoms with Crippen LogP contribution in [0.5, 0.6) is 0 Å². The number of carbonyl (C=O) groups excluding carboxylic acids is 2. The molecule has 0 aliphatic carbocycles. The molecule has 1 unspecified atom stereocenters. The van der Waals surface area contributed by atoms with E-state index < -0.39 is 5.97 Å². The topological polar surface area (TPSA) is 83.6 Å². The third-order valence-corrected chi connectivity index (χ3v) is 2.72. The molecule has 1 aromatic rings. The lowest BCUT2D eigenvalue weighted by Gasteiger charge is -2.12. The van der Waals surface area contributed by atoms with Crippen LogP contribution in [0.3, 0.4) is 0 Å². The molecule has 0 saturated heterocycles. The summed E-state index contributed by atoms with van der Waals surface area (Å²) in [5.74, 6) is -0.546. The second-order valence-electron chi connectivity index (χ2n) is 4.41. The molecule has 0 bridgehead atoms. The summed E-state index contributed by atoms with van der Waals surface area (Å²) in [6, 6.07) is 8.52. The van der Waals surface area contributed by atoms with Crippen LogP contribution in [0.15, 0.2) is 24.3 Å². The molecule has 0 aliphatic heterocycles. The van der Waals surface area contributed by atoms with Gasteiger partial charge in [0.25, 0.3) is 5.91 Å². The maximum absolute atomic E-state index is 11.8. The molecule has 0 spiro atoms. The Kier molecular flexibility index (Phi) is 6.20. The number of nitriles is 1. The van der Waals surface area contributed by atoms with Crippen LogP contribution in [-0.2, 0) is 9.53 Å². The number of amides is 1. The van der Waals surface area contributed by atoms with Gasteiger partial charge in [-0.25, -0.2) is 4.79 Å². The van der Waals surface area contributed by atoms with Crippen molar-refractivity contribution < 1.29 is 19.2 Å². The number of hydrogen-bond acceptors (Lipinski definition) is 4. The summed E-state index contributed by atoms with van der Waals surface area (Å²) >= 11 is 0. The van der Waals surface area contributed by atoms with Gasteiger partial charge in [0.2, 0.25) is 0 Å². The van der Waals surface area contributed by atoms with Crippen molar-refractivity contribution in [3.63, 3.8) is 0 Å². The molecule has 0 saturated carbocycles. The lowest BCUT2D eigenvalue weighted by Crippen LogP contribution is -3.10. The molecular weight excluding hydrogens is 258 g/mol. The first-order chi connectivity index (χ1) is 9.56. The first-order valence-electron chi connectivity index (χ1n) is 6.23. The van der Waals surface area contributed by atoms with Gasteiger partial charge in [-0.2, -0.15) is 5.26 Å². The minimum Gasteiger partial charge on any atom is -0.465 e. The van der Waals surface area contributed by atoms with E-state index in [4.69, 9.17) is 5.26 Å². The number of esters is 1. The maximum atomic E-state index is 11.8. The number of nitrogens with one attached hydrogen (secondary N) is 2. The van der Waals surface area contributed by atoms with E-state index in [9.17, 15) is 9.59 Å². The van der Waals surface area contributed by atoms with E-state index in [0.717, 1.165) is 4.90 Å². The quantitative estimate of drug-likeness (QED) is 0.707. The summed E-state index contributed by atoms with van der Waals surface area (Å²) in [6.45, 7) is 0.922. The van der Waals surface area contributed by atoms with Gasteiger partial charge >= 0.3 is 5.97 Å². The molecule has 6 nitrogen and oxygen atoms in total.